The Morgan fingerprint density at radius 3 is 2.50 bits per heavy atom. The summed E-state index contributed by atoms with van der Waals surface area (Å²) in [7, 11) is 0. The molecule has 3 rings (SSSR count). The van der Waals surface area contributed by atoms with Gasteiger partial charge in [0.05, 0.1) is 5.52 Å². The Balaban J connectivity index is 2.15. The average molecular weight is 240 g/mol. The summed E-state index contributed by atoms with van der Waals surface area (Å²) in [5.74, 6) is -0.222. The Labute approximate surface area is 104 Å². The molecule has 0 aliphatic carbocycles. The number of fused-ring (bicyclic) bond motifs is 1. The lowest BCUT2D eigenvalue weighted by Gasteiger charge is -2.06. The molecule has 0 aliphatic heterocycles. The molecule has 90 valence electrons. The zero-order valence-electron chi connectivity index (χ0n) is 9.81. The minimum Gasteiger partial charge on any atom is -0.326 e. The van der Waals surface area contributed by atoms with Crippen LogP contribution in [0.1, 0.15) is 5.56 Å². The first kappa shape index (κ1) is 11.0. The Morgan fingerprint density at radius 1 is 1.00 bits per heavy atom. The van der Waals surface area contributed by atoms with Gasteiger partial charge in [-0.3, -0.25) is 0 Å². The number of rotatable bonds is 2. The Bertz CT molecular complexity index is 683. The van der Waals surface area contributed by atoms with E-state index in [4.69, 9.17) is 5.73 Å². The molecule has 0 saturated carbocycles. The van der Waals surface area contributed by atoms with Crippen molar-refractivity contribution in [3.8, 4) is 5.69 Å². The van der Waals surface area contributed by atoms with Crippen LogP contribution < -0.4 is 5.73 Å². The van der Waals surface area contributed by atoms with Crippen molar-refractivity contribution in [2.75, 3.05) is 0 Å². The average Bonchev–Trinajstić information content (AvgIpc) is 2.82. The van der Waals surface area contributed by atoms with Crippen LogP contribution in [0.2, 0.25) is 0 Å². The second-order valence-corrected chi connectivity index (χ2v) is 4.26. The van der Waals surface area contributed by atoms with E-state index in [9.17, 15) is 4.39 Å². The highest BCUT2D eigenvalue weighted by Gasteiger charge is 2.03. The van der Waals surface area contributed by atoms with Gasteiger partial charge in [-0.15, -0.1) is 0 Å². The van der Waals surface area contributed by atoms with Gasteiger partial charge in [-0.1, -0.05) is 6.07 Å². The lowest BCUT2D eigenvalue weighted by molar-refractivity contribution is 0.627. The molecule has 3 aromatic rings. The van der Waals surface area contributed by atoms with Gasteiger partial charge in [0.25, 0.3) is 0 Å². The normalized spacial score (nSPS) is 11.0. The van der Waals surface area contributed by atoms with Crippen molar-refractivity contribution in [1.82, 2.24) is 4.57 Å². The van der Waals surface area contributed by atoms with Gasteiger partial charge < -0.3 is 10.3 Å². The highest BCUT2D eigenvalue weighted by molar-refractivity contribution is 5.82. The molecule has 0 spiro atoms. The maximum absolute atomic E-state index is 12.9. The van der Waals surface area contributed by atoms with Crippen molar-refractivity contribution in [3.05, 3.63) is 66.1 Å². The van der Waals surface area contributed by atoms with Crippen LogP contribution >= 0.6 is 0 Å². The molecule has 0 fully saturated rings. The van der Waals surface area contributed by atoms with E-state index < -0.39 is 0 Å². The van der Waals surface area contributed by atoms with Gasteiger partial charge >= 0.3 is 0 Å². The molecule has 0 amide bonds. The fourth-order valence-corrected chi connectivity index (χ4v) is 2.15. The fourth-order valence-electron chi connectivity index (χ4n) is 2.15. The van der Waals surface area contributed by atoms with Gasteiger partial charge in [-0.05, 0) is 48.0 Å². The van der Waals surface area contributed by atoms with Gasteiger partial charge in [-0.25, -0.2) is 4.39 Å². The van der Waals surface area contributed by atoms with Gasteiger partial charge in [0.15, 0.2) is 0 Å². The molecular formula is C15H13FN2. The van der Waals surface area contributed by atoms with Crippen molar-refractivity contribution in [3.63, 3.8) is 0 Å². The summed E-state index contributed by atoms with van der Waals surface area (Å²) in [5, 5.41) is 1.14. The van der Waals surface area contributed by atoms with Crippen molar-refractivity contribution in [2.24, 2.45) is 5.73 Å². The van der Waals surface area contributed by atoms with Gasteiger partial charge in [0, 0.05) is 23.8 Å². The first-order valence-electron chi connectivity index (χ1n) is 5.84. The standard InChI is InChI=1S/C15H13FN2/c16-13-2-4-14(5-3-13)18-8-7-12-9-11(10-17)1-6-15(12)18/h1-9H,10,17H2. The number of nitrogens with zero attached hydrogens (tertiary/aromatic N) is 1. The van der Waals surface area contributed by atoms with E-state index in [1.807, 2.05) is 29.0 Å². The lowest BCUT2D eigenvalue weighted by Crippen LogP contribution is -1.96. The second-order valence-electron chi connectivity index (χ2n) is 4.26. The molecule has 0 bridgehead atoms. The molecule has 3 heteroatoms. The molecule has 1 heterocycles. The summed E-state index contributed by atoms with van der Waals surface area (Å²) in [6, 6.07) is 14.7. The third kappa shape index (κ3) is 1.79. The zero-order valence-corrected chi connectivity index (χ0v) is 9.81. The highest BCUT2D eigenvalue weighted by Crippen LogP contribution is 2.21. The van der Waals surface area contributed by atoms with Gasteiger partial charge in [0.1, 0.15) is 5.82 Å². The highest BCUT2D eigenvalue weighted by atomic mass is 19.1. The van der Waals surface area contributed by atoms with E-state index >= 15 is 0 Å². The number of benzene rings is 2. The molecule has 0 atom stereocenters. The predicted molar refractivity (Wildman–Crippen MR) is 71.1 cm³/mol. The van der Waals surface area contributed by atoms with Crippen molar-refractivity contribution in [1.29, 1.82) is 0 Å². The molecule has 0 saturated heterocycles. The van der Waals surface area contributed by atoms with Crippen LogP contribution in [0.4, 0.5) is 4.39 Å². The molecule has 18 heavy (non-hydrogen) atoms. The smallest absolute Gasteiger partial charge is 0.123 e. The van der Waals surface area contributed by atoms with E-state index in [2.05, 4.69) is 6.07 Å². The van der Waals surface area contributed by atoms with Crippen LogP contribution in [0.25, 0.3) is 16.6 Å². The molecule has 1 aromatic heterocycles. The van der Waals surface area contributed by atoms with Crippen LogP contribution in [0, 0.1) is 5.82 Å². The largest absolute Gasteiger partial charge is 0.326 e. The third-order valence-electron chi connectivity index (χ3n) is 3.10. The molecule has 0 radical (unpaired) electrons. The monoisotopic (exact) mass is 240 g/mol. The third-order valence-corrected chi connectivity index (χ3v) is 3.10. The number of aromatic nitrogens is 1. The van der Waals surface area contributed by atoms with Crippen LogP contribution in [0.3, 0.4) is 0 Å². The molecule has 0 aliphatic rings. The van der Waals surface area contributed by atoms with Gasteiger partial charge in [0.2, 0.25) is 0 Å². The maximum atomic E-state index is 12.9. The second kappa shape index (κ2) is 4.27. The summed E-state index contributed by atoms with van der Waals surface area (Å²) in [5.41, 5.74) is 8.78. The van der Waals surface area contributed by atoms with E-state index in [-0.39, 0.29) is 5.82 Å². The minimum absolute atomic E-state index is 0.222. The summed E-state index contributed by atoms with van der Waals surface area (Å²) in [6.45, 7) is 0.539. The number of hydrogen-bond acceptors (Lipinski definition) is 1. The molecular weight excluding hydrogens is 227 g/mol. The van der Waals surface area contributed by atoms with Gasteiger partial charge in [-0.2, -0.15) is 0 Å². The number of halogens is 1. The Kier molecular flexibility index (Phi) is 2.61. The number of nitrogens with two attached hydrogens (primary N) is 1. The molecule has 2 N–H and O–H groups in total. The van der Waals surface area contributed by atoms with Crippen LogP contribution in [-0.4, -0.2) is 4.57 Å². The number of hydrogen-bond donors (Lipinski definition) is 1. The minimum atomic E-state index is -0.222. The summed E-state index contributed by atoms with van der Waals surface area (Å²) >= 11 is 0. The quantitative estimate of drug-likeness (QED) is 0.732. The van der Waals surface area contributed by atoms with Crippen molar-refractivity contribution < 1.29 is 4.39 Å². The van der Waals surface area contributed by atoms with E-state index in [0.717, 1.165) is 22.2 Å². The predicted octanol–water partition coefficient (Wildman–Crippen LogP) is 3.23. The Morgan fingerprint density at radius 2 is 1.78 bits per heavy atom. The topological polar surface area (TPSA) is 30.9 Å². The first-order valence-corrected chi connectivity index (χ1v) is 5.84. The molecule has 0 unspecified atom stereocenters. The molecule has 2 aromatic carbocycles. The summed E-state index contributed by atoms with van der Waals surface area (Å²) in [4.78, 5) is 0. The van der Waals surface area contributed by atoms with Crippen molar-refractivity contribution >= 4 is 10.9 Å². The fraction of sp³-hybridized carbons (Fsp3) is 0.0667. The molecule has 2 nitrogen and oxygen atoms in total. The van der Waals surface area contributed by atoms with E-state index in [0.29, 0.717) is 6.54 Å². The summed E-state index contributed by atoms with van der Waals surface area (Å²) in [6.07, 6.45) is 1.98. The van der Waals surface area contributed by atoms with E-state index in [1.165, 1.54) is 12.1 Å². The van der Waals surface area contributed by atoms with E-state index in [1.54, 1.807) is 12.1 Å². The van der Waals surface area contributed by atoms with Crippen LogP contribution in [-0.2, 0) is 6.54 Å². The SMILES string of the molecule is NCc1ccc2c(ccn2-c2ccc(F)cc2)c1. The van der Waals surface area contributed by atoms with Crippen molar-refractivity contribution in [2.45, 2.75) is 6.54 Å². The van der Waals surface area contributed by atoms with Crippen LogP contribution in [0.5, 0.6) is 0 Å². The lowest BCUT2D eigenvalue weighted by atomic mass is 10.1. The van der Waals surface area contributed by atoms with Crippen LogP contribution in [0.15, 0.2) is 54.7 Å². The Hall–Kier alpha value is -2.13. The zero-order chi connectivity index (χ0) is 12.5. The summed E-state index contributed by atoms with van der Waals surface area (Å²) < 4.78 is 15.0. The maximum Gasteiger partial charge on any atom is 0.123 e. The first-order chi connectivity index (χ1) is 8.78.